The summed E-state index contributed by atoms with van der Waals surface area (Å²) in [6.45, 7) is 7.27. The lowest BCUT2D eigenvalue weighted by atomic mass is 9.87. The van der Waals surface area contributed by atoms with Crippen molar-refractivity contribution < 1.29 is 23.5 Å². The number of carbonyl (C=O) groups excluding carboxylic acids is 2. The Morgan fingerprint density at radius 1 is 0.909 bits per heavy atom. The molecule has 3 aromatic carbocycles. The van der Waals surface area contributed by atoms with E-state index in [-0.39, 0.29) is 30.0 Å². The van der Waals surface area contributed by atoms with Crippen molar-refractivity contribution in [2.24, 2.45) is 0 Å². The number of amides is 2. The van der Waals surface area contributed by atoms with Crippen LogP contribution in [0.1, 0.15) is 89.8 Å². The van der Waals surface area contributed by atoms with E-state index in [9.17, 15) is 23.5 Å². The summed E-state index contributed by atoms with van der Waals surface area (Å²) in [5.41, 5.74) is 2.64. The Balaban J connectivity index is 1.58. The van der Waals surface area contributed by atoms with Crippen molar-refractivity contribution in [2.75, 3.05) is 19.6 Å². The highest BCUT2D eigenvalue weighted by Gasteiger charge is 2.36. The van der Waals surface area contributed by atoms with Crippen molar-refractivity contribution in [1.29, 1.82) is 0 Å². The van der Waals surface area contributed by atoms with Crippen LogP contribution in [0.2, 0.25) is 0 Å². The molecule has 2 amide bonds. The molecule has 8 heteroatoms. The second-order valence-corrected chi connectivity index (χ2v) is 12.0. The normalized spacial score (nSPS) is 15.5. The SMILES string of the molecule is CCCN(CCC)C(=O)c1cc(C)cc(C(=O)N[C@@H](Cc2cc(F)cc(F)c2)[C@H](O)CNC2(c3ccccc3)CCCC2)c1. The average molecular weight is 606 g/mol. The number of benzene rings is 3. The number of aliphatic hydroxyl groups excluding tert-OH is 1. The Labute approximate surface area is 259 Å². The van der Waals surface area contributed by atoms with Crippen molar-refractivity contribution in [3.63, 3.8) is 0 Å². The van der Waals surface area contributed by atoms with Crippen LogP contribution in [-0.2, 0) is 12.0 Å². The van der Waals surface area contributed by atoms with Crippen LogP contribution >= 0.6 is 0 Å². The van der Waals surface area contributed by atoms with E-state index in [1.54, 1.807) is 23.1 Å². The van der Waals surface area contributed by atoms with Gasteiger partial charge in [-0.2, -0.15) is 0 Å². The van der Waals surface area contributed by atoms with Gasteiger partial charge >= 0.3 is 0 Å². The van der Waals surface area contributed by atoms with Gasteiger partial charge in [0.1, 0.15) is 11.6 Å². The van der Waals surface area contributed by atoms with Gasteiger partial charge in [0.15, 0.2) is 0 Å². The van der Waals surface area contributed by atoms with Crippen LogP contribution in [0.15, 0.2) is 66.7 Å². The third kappa shape index (κ3) is 8.51. The number of aliphatic hydroxyl groups is 1. The van der Waals surface area contributed by atoms with E-state index >= 15 is 0 Å². The van der Waals surface area contributed by atoms with Crippen LogP contribution in [0.25, 0.3) is 0 Å². The summed E-state index contributed by atoms with van der Waals surface area (Å²) in [7, 11) is 0. The van der Waals surface area contributed by atoms with Gasteiger partial charge in [-0.15, -0.1) is 0 Å². The van der Waals surface area contributed by atoms with E-state index in [2.05, 4.69) is 22.8 Å². The third-order valence-electron chi connectivity index (χ3n) is 8.45. The van der Waals surface area contributed by atoms with Gasteiger partial charge in [-0.05, 0) is 86.1 Å². The summed E-state index contributed by atoms with van der Waals surface area (Å²) in [6, 6.07) is 17.5. The number of aryl methyl sites for hydroxylation is 1. The fraction of sp³-hybridized carbons (Fsp3) is 0.444. The molecule has 1 aliphatic carbocycles. The second kappa shape index (κ2) is 15.4. The first kappa shape index (κ1) is 33.3. The highest BCUT2D eigenvalue weighted by molar-refractivity contribution is 6.00. The number of nitrogens with zero attached hydrogens (tertiary/aromatic N) is 1. The van der Waals surface area contributed by atoms with Gasteiger partial charge in [0.2, 0.25) is 0 Å². The maximum atomic E-state index is 14.1. The van der Waals surface area contributed by atoms with Crippen LogP contribution in [0.4, 0.5) is 8.78 Å². The fourth-order valence-corrected chi connectivity index (χ4v) is 6.34. The molecule has 3 N–H and O–H groups in total. The average Bonchev–Trinajstić information content (AvgIpc) is 3.49. The topological polar surface area (TPSA) is 81.7 Å². The molecule has 0 saturated heterocycles. The van der Waals surface area contributed by atoms with Gasteiger partial charge in [-0.1, -0.05) is 57.0 Å². The molecule has 0 heterocycles. The Hall–Kier alpha value is -3.62. The smallest absolute Gasteiger partial charge is 0.253 e. The summed E-state index contributed by atoms with van der Waals surface area (Å²) in [4.78, 5) is 28.8. The lowest BCUT2D eigenvalue weighted by Gasteiger charge is -2.34. The molecule has 3 aromatic rings. The molecule has 0 spiro atoms. The van der Waals surface area contributed by atoms with E-state index in [1.165, 1.54) is 12.1 Å². The Bertz CT molecular complexity index is 1380. The molecular weight excluding hydrogens is 560 g/mol. The summed E-state index contributed by atoms with van der Waals surface area (Å²) >= 11 is 0. The largest absolute Gasteiger partial charge is 0.390 e. The van der Waals surface area contributed by atoms with Crippen LogP contribution in [-0.4, -0.2) is 53.6 Å². The number of nitrogens with one attached hydrogen (secondary N) is 2. The highest BCUT2D eigenvalue weighted by atomic mass is 19.1. The summed E-state index contributed by atoms with van der Waals surface area (Å²) < 4.78 is 28.2. The number of hydrogen-bond donors (Lipinski definition) is 3. The number of carbonyl (C=O) groups is 2. The molecule has 1 saturated carbocycles. The predicted octanol–water partition coefficient (Wildman–Crippen LogP) is 6.30. The van der Waals surface area contributed by atoms with E-state index in [4.69, 9.17) is 0 Å². The molecule has 236 valence electrons. The Kier molecular flexibility index (Phi) is 11.6. The minimum absolute atomic E-state index is 0.0139. The highest BCUT2D eigenvalue weighted by Crippen LogP contribution is 2.38. The van der Waals surface area contributed by atoms with Crippen LogP contribution in [0.3, 0.4) is 0 Å². The standard InChI is InChI=1S/C36H45F2N3O3/c1-4-15-41(16-5-2)35(44)28-18-25(3)17-27(22-28)34(43)40-32(21-26-19-30(37)23-31(38)20-26)33(42)24-39-36(13-9-10-14-36)29-11-7-6-8-12-29/h6-8,11-12,17-20,22-23,32-33,39,42H,4-5,9-10,13-16,21,24H2,1-3H3,(H,40,43)/t32-,33+/m0/s1. The zero-order valence-electron chi connectivity index (χ0n) is 26.0. The molecule has 0 aromatic heterocycles. The van der Waals surface area contributed by atoms with Crippen LogP contribution < -0.4 is 10.6 Å². The Morgan fingerprint density at radius 2 is 1.52 bits per heavy atom. The molecule has 44 heavy (non-hydrogen) atoms. The number of halogens is 2. The monoisotopic (exact) mass is 605 g/mol. The first-order chi connectivity index (χ1) is 21.1. The molecule has 1 aliphatic rings. The second-order valence-electron chi connectivity index (χ2n) is 12.0. The number of hydrogen-bond acceptors (Lipinski definition) is 4. The molecule has 0 bridgehead atoms. The van der Waals surface area contributed by atoms with Gasteiger partial charge in [0.05, 0.1) is 12.1 Å². The zero-order chi connectivity index (χ0) is 31.7. The van der Waals surface area contributed by atoms with E-state index < -0.39 is 29.7 Å². The lowest BCUT2D eigenvalue weighted by molar-refractivity contribution is 0.0755. The van der Waals surface area contributed by atoms with Crippen molar-refractivity contribution >= 4 is 11.8 Å². The van der Waals surface area contributed by atoms with Gasteiger partial charge in [-0.25, -0.2) is 8.78 Å². The molecule has 6 nitrogen and oxygen atoms in total. The van der Waals surface area contributed by atoms with Crippen molar-refractivity contribution in [3.8, 4) is 0 Å². The van der Waals surface area contributed by atoms with Crippen molar-refractivity contribution in [2.45, 2.75) is 83.4 Å². The summed E-state index contributed by atoms with van der Waals surface area (Å²) in [5, 5.41) is 18.0. The molecule has 2 atom stereocenters. The fourth-order valence-electron chi connectivity index (χ4n) is 6.34. The van der Waals surface area contributed by atoms with E-state index in [0.717, 1.165) is 55.7 Å². The number of rotatable bonds is 14. The maximum Gasteiger partial charge on any atom is 0.253 e. The molecular formula is C36H45F2N3O3. The van der Waals surface area contributed by atoms with E-state index in [1.807, 2.05) is 39.0 Å². The molecule has 0 radical (unpaired) electrons. The maximum absolute atomic E-state index is 14.1. The molecule has 4 rings (SSSR count). The quantitative estimate of drug-likeness (QED) is 0.202. The Morgan fingerprint density at radius 3 is 2.14 bits per heavy atom. The van der Waals surface area contributed by atoms with Crippen molar-refractivity contribution in [1.82, 2.24) is 15.5 Å². The van der Waals surface area contributed by atoms with Crippen LogP contribution in [0, 0.1) is 18.6 Å². The third-order valence-corrected chi connectivity index (χ3v) is 8.45. The van der Waals surface area contributed by atoms with Gasteiger partial charge < -0.3 is 20.6 Å². The van der Waals surface area contributed by atoms with Gasteiger partial charge in [-0.3, -0.25) is 9.59 Å². The summed E-state index contributed by atoms with van der Waals surface area (Å²) in [6.07, 6.45) is 4.55. The van der Waals surface area contributed by atoms with Gasteiger partial charge in [0, 0.05) is 42.4 Å². The first-order valence-corrected chi connectivity index (χ1v) is 15.8. The van der Waals surface area contributed by atoms with Gasteiger partial charge in [0.25, 0.3) is 11.8 Å². The minimum Gasteiger partial charge on any atom is -0.390 e. The minimum atomic E-state index is -1.07. The molecule has 0 unspecified atom stereocenters. The van der Waals surface area contributed by atoms with Crippen LogP contribution in [0.5, 0.6) is 0 Å². The zero-order valence-corrected chi connectivity index (χ0v) is 26.0. The first-order valence-electron chi connectivity index (χ1n) is 15.8. The predicted molar refractivity (Wildman–Crippen MR) is 170 cm³/mol. The lowest BCUT2D eigenvalue weighted by Crippen LogP contribution is -2.52. The summed E-state index contributed by atoms with van der Waals surface area (Å²) in [5.74, 6) is -2.06. The molecule has 1 fully saturated rings. The van der Waals surface area contributed by atoms with Crippen molar-refractivity contribution in [3.05, 3.63) is 106 Å². The molecule has 0 aliphatic heterocycles. The van der Waals surface area contributed by atoms with E-state index in [0.29, 0.717) is 24.2 Å².